The summed E-state index contributed by atoms with van der Waals surface area (Å²) in [4.78, 5) is 8.99. The minimum absolute atomic E-state index is 0.200. The molecule has 0 N–H and O–H groups in total. The Bertz CT molecular complexity index is 1080. The molecule has 138 valence electrons. The molecule has 0 aliphatic heterocycles. The number of fused-ring (bicyclic) bond motifs is 1. The number of aryl methyl sites for hydroxylation is 2. The van der Waals surface area contributed by atoms with Crippen molar-refractivity contribution in [3.63, 3.8) is 0 Å². The smallest absolute Gasteiger partial charge is 0.277 e. The Morgan fingerprint density at radius 2 is 1.96 bits per heavy atom. The lowest BCUT2D eigenvalue weighted by Crippen LogP contribution is -1.95. The molecule has 0 fully saturated rings. The van der Waals surface area contributed by atoms with Crippen molar-refractivity contribution in [2.75, 3.05) is 0 Å². The first-order valence-electron chi connectivity index (χ1n) is 8.22. The molecule has 0 aliphatic carbocycles. The fourth-order valence-electron chi connectivity index (χ4n) is 2.55. The zero-order chi connectivity index (χ0) is 18.8. The van der Waals surface area contributed by atoms with Crippen molar-refractivity contribution in [3.05, 3.63) is 64.5 Å². The van der Waals surface area contributed by atoms with Crippen molar-refractivity contribution in [1.82, 2.24) is 24.6 Å². The van der Waals surface area contributed by atoms with Crippen LogP contribution in [0.4, 0.5) is 0 Å². The van der Waals surface area contributed by atoms with Crippen molar-refractivity contribution in [2.24, 2.45) is 0 Å². The van der Waals surface area contributed by atoms with Gasteiger partial charge < -0.3 is 9.15 Å². The van der Waals surface area contributed by atoms with E-state index in [0.29, 0.717) is 33.4 Å². The predicted octanol–water partition coefficient (Wildman–Crippen LogP) is 4.25. The lowest BCUT2D eigenvalue weighted by molar-refractivity contribution is 0.252. The second kappa shape index (κ2) is 7.58. The lowest BCUT2D eigenvalue weighted by atomic mass is 10.3. The molecule has 0 radical (unpaired) electrons. The number of hydrogen-bond donors (Lipinski definition) is 0. The number of ether oxygens (including phenoxy) is 1. The number of aromatic nitrogens is 5. The Balaban J connectivity index is 1.36. The van der Waals surface area contributed by atoms with Gasteiger partial charge in [0.2, 0.25) is 5.78 Å². The summed E-state index contributed by atoms with van der Waals surface area (Å²) in [6.07, 6.45) is 1.98. The summed E-state index contributed by atoms with van der Waals surface area (Å²) >= 11 is 7.28. The zero-order valence-corrected chi connectivity index (χ0v) is 16.3. The van der Waals surface area contributed by atoms with Gasteiger partial charge in [0.1, 0.15) is 5.75 Å². The average molecular weight is 402 g/mol. The SMILES string of the molecule is Cc1cc(C)n2cc(CSc3nnc(COc4ccc(Cl)cc4)o3)nc2n1. The lowest BCUT2D eigenvalue weighted by Gasteiger charge is -2.02. The first-order valence-corrected chi connectivity index (χ1v) is 9.59. The normalized spacial score (nSPS) is 11.2. The fraction of sp³-hybridized carbons (Fsp3) is 0.222. The fourth-order valence-corrected chi connectivity index (χ4v) is 3.34. The summed E-state index contributed by atoms with van der Waals surface area (Å²) in [6.45, 7) is 4.19. The molecule has 0 aliphatic rings. The largest absolute Gasteiger partial charge is 0.484 e. The van der Waals surface area contributed by atoms with Gasteiger partial charge in [-0.2, -0.15) is 0 Å². The highest BCUT2D eigenvalue weighted by Crippen LogP contribution is 2.22. The molecule has 4 rings (SSSR count). The minimum Gasteiger partial charge on any atom is -0.484 e. The molecule has 7 nitrogen and oxygen atoms in total. The Hall–Kier alpha value is -2.58. The number of rotatable bonds is 6. The molecule has 1 aromatic carbocycles. The molecule has 3 heterocycles. The summed E-state index contributed by atoms with van der Waals surface area (Å²) in [5, 5.41) is 9.17. The summed E-state index contributed by atoms with van der Waals surface area (Å²) in [5.74, 6) is 2.41. The summed E-state index contributed by atoms with van der Waals surface area (Å²) in [5.41, 5.74) is 2.95. The molecule has 0 saturated heterocycles. The number of thioether (sulfide) groups is 1. The van der Waals surface area contributed by atoms with E-state index in [1.807, 2.05) is 30.5 Å². The van der Waals surface area contributed by atoms with Crippen LogP contribution in [-0.2, 0) is 12.4 Å². The number of nitrogens with zero attached hydrogens (tertiary/aromatic N) is 5. The molecule has 0 bridgehead atoms. The van der Waals surface area contributed by atoms with E-state index in [1.165, 1.54) is 11.8 Å². The standard InChI is InChI=1S/C18H16ClN5O2S/c1-11-7-12(2)24-8-14(21-17(24)20-11)10-27-18-23-22-16(26-18)9-25-15-5-3-13(19)4-6-15/h3-8H,9-10H2,1-2H3. The number of halogens is 1. The van der Waals surface area contributed by atoms with Crippen LogP contribution in [0.3, 0.4) is 0 Å². The van der Waals surface area contributed by atoms with Crippen LogP contribution in [-0.4, -0.2) is 24.6 Å². The predicted molar refractivity (Wildman–Crippen MR) is 102 cm³/mol. The highest BCUT2D eigenvalue weighted by molar-refractivity contribution is 7.98. The number of benzene rings is 1. The van der Waals surface area contributed by atoms with E-state index in [2.05, 4.69) is 20.2 Å². The average Bonchev–Trinajstić information content (AvgIpc) is 3.26. The maximum absolute atomic E-state index is 5.85. The van der Waals surface area contributed by atoms with Gasteiger partial charge >= 0.3 is 0 Å². The highest BCUT2D eigenvalue weighted by atomic mass is 35.5. The highest BCUT2D eigenvalue weighted by Gasteiger charge is 2.11. The third-order valence-electron chi connectivity index (χ3n) is 3.78. The van der Waals surface area contributed by atoms with E-state index >= 15 is 0 Å². The monoisotopic (exact) mass is 401 g/mol. The van der Waals surface area contributed by atoms with Crippen molar-refractivity contribution >= 4 is 29.1 Å². The van der Waals surface area contributed by atoms with Gasteiger partial charge in [-0.15, -0.1) is 10.2 Å². The molecule has 0 unspecified atom stereocenters. The molecule has 27 heavy (non-hydrogen) atoms. The third-order valence-corrected chi connectivity index (χ3v) is 4.88. The number of imidazole rings is 1. The van der Waals surface area contributed by atoms with Crippen LogP contribution in [0.15, 0.2) is 46.2 Å². The van der Waals surface area contributed by atoms with Gasteiger partial charge in [0.25, 0.3) is 11.1 Å². The van der Waals surface area contributed by atoms with Crippen molar-refractivity contribution in [3.8, 4) is 5.75 Å². The van der Waals surface area contributed by atoms with Crippen LogP contribution in [0, 0.1) is 13.8 Å². The van der Waals surface area contributed by atoms with Gasteiger partial charge in [0, 0.05) is 28.4 Å². The molecule has 0 atom stereocenters. The van der Waals surface area contributed by atoms with Crippen LogP contribution in [0.2, 0.25) is 5.02 Å². The van der Waals surface area contributed by atoms with Crippen molar-refractivity contribution in [1.29, 1.82) is 0 Å². The van der Waals surface area contributed by atoms with Crippen LogP contribution in [0.5, 0.6) is 5.75 Å². The summed E-state index contributed by atoms with van der Waals surface area (Å²) in [6, 6.07) is 9.12. The van der Waals surface area contributed by atoms with Gasteiger partial charge in [-0.1, -0.05) is 23.4 Å². The van der Waals surface area contributed by atoms with Crippen LogP contribution < -0.4 is 4.74 Å². The Morgan fingerprint density at radius 1 is 1.15 bits per heavy atom. The molecule has 9 heteroatoms. The first-order chi connectivity index (χ1) is 13.1. The maximum atomic E-state index is 5.85. The second-order valence-corrected chi connectivity index (χ2v) is 7.30. The Labute approximate surface area is 164 Å². The van der Waals surface area contributed by atoms with Gasteiger partial charge in [-0.25, -0.2) is 9.97 Å². The second-order valence-electron chi connectivity index (χ2n) is 5.93. The maximum Gasteiger partial charge on any atom is 0.277 e. The van der Waals surface area contributed by atoms with E-state index in [-0.39, 0.29) is 6.61 Å². The van der Waals surface area contributed by atoms with Crippen LogP contribution in [0.1, 0.15) is 23.0 Å². The molecular formula is C18H16ClN5O2S. The Morgan fingerprint density at radius 3 is 2.78 bits per heavy atom. The van der Waals surface area contributed by atoms with E-state index in [9.17, 15) is 0 Å². The van der Waals surface area contributed by atoms with Gasteiger partial charge in [-0.3, -0.25) is 4.40 Å². The molecule has 3 aromatic heterocycles. The van der Waals surface area contributed by atoms with Gasteiger partial charge in [0.05, 0.1) is 5.69 Å². The van der Waals surface area contributed by atoms with Crippen molar-refractivity contribution < 1.29 is 9.15 Å². The van der Waals surface area contributed by atoms with Crippen LogP contribution in [0.25, 0.3) is 5.78 Å². The third kappa shape index (κ3) is 4.23. The summed E-state index contributed by atoms with van der Waals surface area (Å²) < 4.78 is 13.2. The summed E-state index contributed by atoms with van der Waals surface area (Å²) in [7, 11) is 0. The molecule has 4 aromatic rings. The quantitative estimate of drug-likeness (QED) is 0.447. The van der Waals surface area contributed by atoms with E-state index in [0.717, 1.165) is 17.1 Å². The Kier molecular flexibility index (Phi) is 5.00. The van der Waals surface area contributed by atoms with Gasteiger partial charge in [0.15, 0.2) is 6.61 Å². The topological polar surface area (TPSA) is 78.3 Å². The van der Waals surface area contributed by atoms with Gasteiger partial charge in [-0.05, 0) is 44.2 Å². The van der Waals surface area contributed by atoms with Crippen molar-refractivity contribution in [2.45, 2.75) is 31.4 Å². The minimum atomic E-state index is 0.200. The molecule has 0 spiro atoms. The first kappa shape index (κ1) is 17.8. The molecular weight excluding hydrogens is 386 g/mol. The molecule has 0 amide bonds. The van der Waals surface area contributed by atoms with E-state index in [1.54, 1.807) is 24.3 Å². The van der Waals surface area contributed by atoms with E-state index < -0.39 is 0 Å². The van der Waals surface area contributed by atoms with Crippen LogP contribution >= 0.6 is 23.4 Å². The number of hydrogen-bond acceptors (Lipinski definition) is 7. The molecule has 0 saturated carbocycles. The zero-order valence-electron chi connectivity index (χ0n) is 14.7. The van der Waals surface area contributed by atoms with E-state index in [4.69, 9.17) is 20.8 Å².